The van der Waals surface area contributed by atoms with Crippen LogP contribution in [0.3, 0.4) is 0 Å². The van der Waals surface area contributed by atoms with Gasteiger partial charge in [-0.15, -0.1) is 3.89 Å². The highest BCUT2D eigenvalue weighted by Crippen LogP contribution is 2.26. The van der Waals surface area contributed by atoms with Crippen LogP contribution in [0.1, 0.15) is 21.6 Å². The lowest BCUT2D eigenvalue weighted by atomic mass is 10.1. The third kappa shape index (κ3) is 4.24. The summed E-state index contributed by atoms with van der Waals surface area (Å²) in [4.78, 5) is 21.1. The molecule has 0 radical (unpaired) electrons. The van der Waals surface area contributed by atoms with Crippen LogP contribution in [0.15, 0.2) is 30.6 Å². The van der Waals surface area contributed by atoms with Crippen molar-refractivity contribution in [2.24, 2.45) is 0 Å². The Bertz CT molecular complexity index is 1100. The summed E-state index contributed by atoms with van der Waals surface area (Å²) >= 11 is 5.85. The van der Waals surface area contributed by atoms with E-state index >= 15 is 0 Å². The van der Waals surface area contributed by atoms with Crippen molar-refractivity contribution in [2.75, 3.05) is 25.6 Å². The van der Waals surface area contributed by atoms with E-state index in [1.165, 1.54) is 12.4 Å². The quantitative estimate of drug-likeness (QED) is 0.330. The Morgan fingerprint density at radius 1 is 1.37 bits per heavy atom. The van der Waals surface area contributed by atoms with Crippen molar-refractivity contribution < 1.29 is 18.9 Å². The van der Waals surface area contributed by atoms with Gasteiger partial charge in [0.05, 0.1) is 36.7 Å². The third-order valence-electron chi connectivity index (χ3n) is 4.33. The van der Waals surface area contributed by atoms with E-state index in [1.54, 1.807) is 25.2 Å². The maximum Gasteiger partial charge on any atom is 0.255 e. The minimum absolute atomic E-state index is 0.00542. The normalized spacial score (nSPS) is 11.1. The molecular formula is C18H18ClFN6O3S. The molecule has 0 aliphatic carbocycles. The number of nitrogens with one attached hydrogen (secondary N) is 3. The number of aromatic nitrogens is 3. The molecule has 1 amide bonds. The second-order valence-electron chi connectivity index (χ2n) is 6.22. The Morgan fingerprint density at radius 3 is 2.73 bits per heavy atom. The van der Waals surface area contributed by atoms with E-state index in [9.17, 15) is 18.9 Å². The minimum atomic E-state index is -0.879. The van der Waals surface area contributed by atoms with Crippen molar-refractivity contribution in [1.29, 1.82) is 5.41 Å². The fraction of sp³-hybridized carbons (Fsp3) is 0.222. The number of aliphatic hydroxyl groups excluding tert-OH is 2. The molecule has 0 unspecified atom stereocenters. The fourth-order valence-corrected chi connectivity index (χ4v) is 3.31. The zero-order chi connectivity index (χ0) is 21.8. The van der Waals surface area contributed by atoms with E-state index in [4.69, 9.17) is 17.0 Å². The molecule has 0 saturated carbocycles. The average molecular weight is 453 g/mol. The lowest BCUT2D eigenvalue weighted by Crippen LogP contribution is -2.40. The van der Waals surface area contributed by atoms with Crippen LogP contribution in [0, 0.1) is 5.41 Å². The summed E-state index contributed by atoms with van der Waals surface area (Å²) in [5, 5.41) is 32.8. The number of hydrogen-bond donors (Lipinski definition) is 5. The van der Waals surface area contributed by atoms with Gasteiger partial charge in [-0.05, 0) is 18.2 Å². The molecule has 3 rings (SSSR count). The summed E-state index contributed by atoms with van der Waals surface area (Å²) in [7, 11) is 1.69. The van der Waals surface area contributed by atoms with Crippen LogP contribution in [-0.4, -0.2) is 62.1 Å². The molecule has 158 valence electrons. The number of hydrogen-bond acceptors (Lipinski definition) is 8. The average Bonchev–Trinajstić information content (AvgIpc) is 3.14. The number of carbonyl (C=O) groups excluding carboxylic acids is 1. The maximum atomic E-state index is 13.3. The monoisotopic (exact) mass is 452 g/mol. The molecule has 0 aliphatic heterocycles. The van der Waals surface area contributed by atoms with Gasteiger partial charge in [0.2, 0.25) is 0 Å². The molecule has 2 heterocycles. The Kier molecular flexibility index (Phi) is 6.87. The maximum absolute atomic E-state index is 13.3. The lowest BCUT2D eigenvalue weighted by molar-refractivity contribution is 0.0881. The van der Waals surface area contributed by atoms with Crippen molar-refractivity contribution in [1.82, 2.24) is 19.3 Å². The number of fused-ring (bicyclic) bond motifs is 1. The van der Waals surface area contributed by atoms with Gasteiger partial charge in [-0.2, -0.15) is 0 Å². The van der Waals surface area contributed by atoms with Crippen LogP contribution in [0.2, 0.25) is 5.02 Å². The molecular weight excluding hydrogens is 435 g/mol. The topological polar surface area (TPSA) is 136 Å². The highest BCUT2D eigenvalue weighted by molar-refractivity contribution is 7.92. The SMILES string of the molecule is CNc1cc(Cl)ccc1C(=N)c1cnc2c(n1)c(C(=O)NC(CO)CO)cn2SF. The Morgan fingerprint density at radius 2 is 2.10 bits per heavy atom. The highest BCUT2D eigenvalue weighted by Gasteiger charge is 2.22. The number of aliphatic hydroxyl groups is 2. The molecule has 0 saturated heterocycles. The van der Waals surface area contributed by atoms with Gasteiger partial charge in [-0.3, -0.25) is 10.2 Å². The smallest absolute Gasteiger partial charge is 0.255 e. The van der Waals surface area contributed by atoms with Crippen molar-refractivity contribution >= 4 is 52.4 Å². The molecule has 0 fully saturated rings. The predicted octanol–water partition coefficient (Wildman–Crippen LogP) is 2.01. The zero-order valence-corrected chi connectivity index (χ0v) is 17.3. The molecule has 3 aromatic rings. The van der Waals surface area contributed by atoms with Gasteiger partial charge in [0, 0.05) is 29.5 Å². The Balaban J connectivity index is 2.06. The number of benzene rings is 1. The summed E-state index contributed by atoms with van der Waals surface area (Å²) in [6, 6.07) is 4.08. The van der Waals surface area contributed by atoms with Crippen molar-refractivity contribution in [3.05, 3.63) is 52.4 Å². The van der Waals surface area contributed by atoms with Crippen molar-refractivity contribution in [2.45, 2.75) is 6.04 Å². The van der Waals surface area contributed by atoms with E-state index in [1.807, 2.05) is 0 Å². The van der Waals surface area contributed by atoms with Gasteiger partial charge >= 0.3 is 0 Å². The van der Waals surface area contributed by atoms with Gasteiger partial charge in [0.15, 0.2) is 18.0 Å². The lowest BCUT2D eigenvalue weighted by Gasteiger charge is -2.13. The molecule has 1 aromatic carbocycles. The summed E-state index contributed by atoms with van der Waals surface area (Å²) in [6.45, 7) is -0.937. The van der Waals surface area contributed by atoms with Crippen LogP contribution in [0.5, 0.6) is 0 Å². The Labute approximate surface area is 180 Å². The first kappa shape index (κ1) is 22.0. The largest absolute Gasteiger partial charge is 0.394 e. The first-order valence-corrected chi connectivity index (χ1v) is 9.75. The predicted molar refractivity (Wildman–Crippen MR) is 114 cm³/mol. The van der Waals surface area contributed by atoms with Crippen LogP contribution in [-0.2, 0) is 0 Å². The third-order valence-corrected chi connectivity index (χ3v) is 5.00. The summed E-state index contributed by atoms with van der Waals surface area (Å²) < 4.78 is 14.4. The number of rotatable bonds is 8. The zero-order valence-electron chi connectivity index (χ0n) is 15.7. The highest BCUT2D eigenvalue weighted by atomic mass is 35.5. The summed E-state index contributed by atoms with van der Waals surface area (Å²) in [6.07, 6.45) is 2.53. The number of amides is 1. The summed E-state index contributed by atoms with van der Waals surface area (Å²) in [5.41, 5.74) is 1.49. The van der Waals surface area contributed by atoms with Crippen molar-refractivity contribution in [3.63, 3.8) is 0 Å². The second kappa shape index (κ2) is 9.39. The molecule has 0 bridgehead atoms. The molecule has 2 aromatic heterocycles. The molecule has 5 N–H and O–H groups in total. The molecule has 0 spiro atoms. The standard InChI is InChI=1S/C18H18ClFN6O3S/c1-22-13-4-9(19)2-3-11(13)15(21)14-5-23-17-16(25-14)12(6-26(17)30-20)18(29)24-10(7-27)8-28/h2-6,10,21-22,27-28H,7-8H2,1H3,(H,24,29). The van der Waals surface area contributed by atoms with Crippen LogP contribution < -0.4 is 10.6 Å². The van der Waals surface area contributed by atoms with Gasteiger partial charge in [0.1, 0.15) is 11.2 Å². The number of carbonyl (C=O) groups is 1. The van der Waals surface area contributed by atoms with Gasteiger partial charge < -0.3 is 20.8 Å². The van der Waals surface area contributed by atoms with E-state index in [0.717, 1.165) is 3.97 Å². The van der Waals surface area contributed by atoms with E-state index < -0.39 is 25.2 Å². The van der Waals surface area contributed by atoms with E-state index in [-0.39, 0.29) is 40.5 Å². The van der Waals surface area contributed by atoms with Crippen LogP contribution >= 0.6 is 23.9 Å². The molecule has 12 heteroatoms. The molecule has 9 nitrogen and oxygen atoms in total. The number of halogens is 2. The minimum Gasteiger partial charge on any atom is -0.394 e. The molecule has 0 atom stereocenters. The van der Waals surface area contributed by atoms with E-state index in [0.29, 0.717) is 16.3 Å². The molecule has 30 heavy (non-hydrogen) atoms. The van der Waals surface area contributed by atoms with Crippen LogP contribution in [0.4, 0.5) is 9.57 Å². The van der Waals surface area contributed by atoms with Crippen molar-refractivity contribution in [3.8, 4) is 0 Å². The second-order valence-corrected chi connectivity index (χ2v) is 7.18. The van der Waals surface area contributed by atoms with Gasteiger partial charge in [-0.25, -0.2) is 13.9 Å². The van der Waals surface area contributed by atoms with Gasteiger partial charge in [-0.1, -0.05) is 11.6 Å². The molecule has 0 aliphatic rings. The van der Waals surface area contributed by atoms with Gasteiger partial charge in [0.25, 0.3) is 5.91 Å². The number of anilines is 1. The first-order valence-electron chi connectivity index (χ1n) is 8.69. The summed E-state index contributed by atoms with van der Waals surface area (Å²) in [5.74, 6) is -0.665. The van der Waals surface area contributed by atoms with Crippen LogP contribution in [0.25, 0.3) is 11.2 Å². The van der Waals surface area contributed by atoms with E-state index in [2.05, 4.69) is 20.6 Å². The first-order chi connectivity index (χ1) is 14.4. The Hall–Kier alpha value is -2.73. The number of nitrogens with zero attached hydrogens (tertiary/aromatic N) is 3. The fourth-order valence-electron chi connectivity index (χ4n) is 2.79.